The zero-order chi connectivity index (χ0) is 18.5. The Balaban J connectivity index is 2.07. The van der Waals surface area contributed by atoms with Crippen molar-refractivity contribution < 1.29 is 0 Å². The highest BCUT2D eigenvalue weighted by molar-refractivity contribution is 5.66. The van der Waals surface area contributed by atoms with Crippen molar-refractivity contribution in [3.8, 4) is 11.3 Å². The fraction of sp³-hybridized carbons (Fsp3) is 0.0476. The summed E-state index contributed by atoms with van der Waals surface area (Å²) >= 11 is 0. The van der Waals surface area contributed by atoms with E-state index in [-0.39, 0.29) is 0 Å². The molecule has 4 aromatic rings. The van der Waals surface area contributed by atoms with Crippen LogP contribution >= 0.6 is 0 Å². The summed E-state index contributed by atoms with van der Waals surface area (Å²) in [5, 5.41) is 15.8. The van der Waals surface area contributed by atoms with Gasteiger partial charge in [-0.2, -0.15) is 15.4 Å². The van der Waals surface area contributed by atoms with Crippen LogP contribution in [0.1, 0.15) is 16.8 Å². The summed E-state index contributed by atoms with van der Waals surface area (Å²) in [7, 11) is 0. The predicted octanol–water partition coefficient (Wildman–Crippen LogP) is 5.07. The molecule has 0 saturated carbocycles. The lowest BCUT2D eigenvalue weighted by molar-refractivity contribution is 0.622. The van der Waals surface area contributed by atoms with E-state index >= 15 is 0 Å². The van der Waals surface area contributed by atoms with Crippen molar-refractivity contribution in [2.75, 3.05) is 0 Å². The molecular weight excluding hydrogens is 336 g/mol. The van der Waals surface area contributed by atoms with Crippen LogP contribution in [0, 0.1) is 0 Å². The van der Waals surface area contributed by atoms with Gasteiger partial charge in [0.25, 0.3) is 0 Å². The molecule has 130 valence electrons. The third kappa shape index (κ3) is 2.84. The molecule has 0 aliphatic carbocycles. The minimum absolute atomic E-state index is 0.559. The molecular formula is C21H16N6. The highest BCUT2D eigenvalue weighted by Crippen LogP contribution is 2.43. The van der Waals surface area contributed by atoms with Crippen molar-refractivity contribution in [1.82, 2.24) is 15.4 Å². The first-order valence-corrected chi connectivity index (χ1v) is 8.50. The normalized spacial score (nSPS) is 11.0. The number of rotatable bonds is 5. The average molecular weight is 352 g/mol. The Morgan fingerprint density at radius 2 is 1.26 bits per heavy atom. The van der Waals surface area contributed by atoms with Gasteiger partial charge in [0.05, 0.1) is 0 Å². The molecule has 0 bridgehead atoms. The largest absolute Gasteiger partial charge is 0.197 e. The van der Waals surface area contributed by atoms with Gasteiger partial charge in [0.2, 0.25) is 0 Å². The molecule has 1 aromatic heterocycles. The van der Waals surface area contributed by atoms with E-state index in [2.05, 4.69) is 25.4 Å². The first-order chi connectivity index (χ1) is 13.4. The van der Waals surface area contributed by atoms with Crippen LogP contribution in [0.3, 0.4) is 0 Å². The van der Waals surface area contributed by atoms with Crippen LogP contribution in [0.5, 0.6) is 0 Å². The Morgan fingerprint density at radius 3 is 1.78 bits per heavy atom. The molecule has 6 nitrogen and oxygen atoms in total. The van der Waals surface area contributed by atoms with Crippen molar-refractivity contribution >= 4 is 0 Å². The molecule has 0 saturated heterocycles. The molecule has 0 amide bonds. The van der Waals surface area contributed by atoms with Gasteiger partial charge in [-0.05, 0) is 16.7 Å². The number of hydrogen-bond donors (Lipinski definition) is 1. The number of aromatic amines is 1. The minimum atomic E-state index is -1.14. The predicted molar refractivity (Wildman–Crippen MR) is 104 cm³/mol. The third-order valence-corrected chi connectivity index (χ3v) is 4.52. The zero-order valence-corrected chi connectivity index (χ0v) is 14.4. The van der Waals surface area contributed by atoms with Crippen molar-refractivity contribution in [3.63, 3.8) is 0 Å². The fourth-order valence-electron chi connectivity index (χ4n) is 3.31. The summed E-state index contributed by atoms with van der Waals surface area (Å²) in [6.45, 7) is 0. The van der Waals surface area contributed by atoms with E-state index in [1.807, 2.05) is 91.0 Å². The zero-order valence-electron chi connectivity index (χ0n) is 14.4. The Labute approximate surface area is 156 Å². The van der Waals surface area contributed by atoms with Crippen molar-refractivity contribution in [2.45, 2.75) is 5.54 Å². The van der Waals surface area contributed by atoms with E-state index in [1.54, 1.807) is 0 Å². The maximum Gasteiger partial charge on any atom is 0.145 e. The highest BCUT2D eigenvalue weighted by Gasteiger charge is 2.40. The van der Waals surface area contributed by atoms with Crippen LogP contribution in [-0.4, -0.2) is 15.4 Å². The van der Waals surface area contributed by atoms with Gasteiger partial charge in [0.15, 0.2) is 0 Å². The number of aromatic nitrogens is 3. The lowest BCUT2D eigenvalue weighted by Gasteiger charge is -2.29. The van der Waals surface area contributed by atoms with Gasteiger partial charge >= 0.3 is 0 Å². The highest BCUT2D eigenvalue weighted by atomic mass is 15.3. The molecule has 0 atom stereocenters. The minimum Gasteiger partial charge on any atom is -0.197 e. The second kappa shape index (κ2) is 7.15. The van der Waals surface area contributed by atoms with Gasteiger partial charge in [-0.1, -0.05) is 96.1 Å². The molecule has 1 heterocycles. The first kappa shape index (κ1) is 16.6. The lowest BCUT2D eigenvalue weighted by atomic mass is 9.79. The van der Waals surface area contributed by atoms with Gasteiger partial charge in [-0.25, -0.2) is 0 Å². The first-order valence-electron chi connectivity index (χ1n) is 8.50. The number of H-pyrrole nitrogens is 1. The van der Waals surface area contributed by atoms with Gasteiger partial charge in [0, 0.05) is 10.5 Å². The quantitative estimate of drug-likeness (QED) is 0.308. The standard InChI is InChI=1S/C21H16N6/c22-26-25-21(17-12-6-2-7-13-17,18-14-8-3-9-15-18)20-19(23-27-24-20)16-10-4-1-5-11-16/h1-15H,(H,23,24,27). The second-order valence-electron chi connectivity index (χ2n) is 6.02. The van der Waals surface area contributed by atoms with Crippen LogP contribution < -0.4 is 0 Å². The number of nitrogens with zero attached hydrogens (tertiary/aromatic N) is 5. The summed E-state index contributed by atoms with van der Waals surface area (Å²) in [6, 6.07) is 29.0. The molecule has 0 aliphatic rings. The molecule has 0 unspecified atom stereocenters. The van der Waals surface area contributed by atoms with Crippen LogP contribution in [0.4, 0.5) is 0 Å². The summed E-state index contributed by atoms with van der Waals surface area (Å²) in [4.78, 5) is 3.20. The monoisotopic (exact) mass is 352 g/mol. The molecule has 0 spiro atoms. The molecule has 0 aliphatic heterocycles. The van der Waals surface area contributed by atoms with Gasteiger partial charge in [-0.3, -0.25) is 0 Å². The average Bonchev–Trinajstić information content (AvgIpc) is 3.24. The molecule has 1 N–H and O–H groups in total. The maximum absolute atomic E-state index is 9.48. The van der Waals surface area contributed by atoms with E-state index in [4.69, 9.17) is 0 Å². The number of benzene rings is 3. The van der Waals surface area contributed by atoms with Crippen molar-refractivity contribution in [1.29, 1.82) is 0 Å². The lowest BCUT2D eigenvalue weighted by Crippen LogP contribution is -2.28. The topological polar surface area (TPSA) is 90.3 Å². The number of azide groups is 1. The van der Waals surface area contributed by atoms with Crippen LogP contribution in [-0.2, 0) is 5.54 Å². The van der Waals surface area contributed by atoms with E-state index in [0.717, 1.165) is 16.7 Å². The summed E-state index contributed by atoms with van der Waals surface area (Å²) in [6.07, 6.45) is 0. The van der Waals surface area contributed by atoms with E-state index in [0.29, 0.717) is 11.4 Å². The molecule has 27 heavy (non-hydrogen) atoms. The Kier molecular flexibility index (Phi) is 4.39. The summed E-state index contributed by atoms with van der Waals surface area (Å²) in [5.41, 5.74) is 12.1. The Morgan fingerprint density at radius 1 is 0.741 bits per heavy atom. The van der Waals surface area contributed by atoms with Crippen molar-refractivity contribution in [2.24, 2.45) is 5.11 Å². The Bertz CT molecular complexity index is 1030. The third-order valence-electron chi connectivity index (χ3n) is 4.52. The molecule has 3 aromatic carbocycles. The van der Waals surface area contributed by atoms with Gasteiger partial charge in [0.1, 0.15) is 16.9 Å². The SMILES string of the molecule is [N-]=[N+]=NC(c1ccccc1)(c1ccccc1)c1n[nH]nc1-c1ccccc1. The van der Waals surface area contributed by atoms with Crippen LogP contribution in [0.2, 0.25) is 0 Å². The second-order valence-corrected chi connectivity index (χ2v) is 6.02. The van der Waals surface area contributed by atoms with Gasteiger partial charge in [-0.15, -0.1) is 0 Å². The van der Waals surface area contributed by atoms with Crippen LogP contribution in [0.25, 0.3) is 21.7 Å². The maximum atomic E-state index is 9.48. The van der Waals surface area contributed by atoms with Crippen LogP contribution in [0.15, 0.2) is 96.1 Å². The summed E-state index contributed by atoms with van der Waals surface area (Å²) < 4.78 is 0. The Hall–Kier alpha value is -3.89. The van der Waals surface area contributed by atoms with Crippen molar-refractivity contribution in [3.05, 3.63) is 118 Å². The van der Waals surface area contributed by atoms with E-state index in [1.165, 1.54) is 0 Å². The molecule has 0 fully saturated rings. The molecule has 4 rings (SSSR count). The number of hydrogen-bond acceptors (Lipinski definition) is 3. The molecule has 0 radical (unpaired) electrons. The fourth-order valence-corrected chi connectivity index (χ4v) is 3.31. The van der Waals surface area contributed by atoms with Gasteiger partial charge < -0.3 is 0 Å². The van der Waals surface area contributed by atoms with E-state index < -0.39 is 5.54 Å². The molecule has 6 heteroatoms. The number of nitrogens with one attached hydrogen (secondary N) is 1. The van der Waals surface area contributed by atoms with E-state index in [9.17, 15) is 5.53 Å². The summed E-state index contributed by atoms with van der Waals surface area (Å²) in [5.74, 6) is 0. The smallest absolute Gasteiger partial charge is 0.145 e.